The lowest BCUT2D eigenvalue weighted by Gasteiger charge is -2.60. The molecule has 4 rings (SSSR count). The first-order valence-corrected chi connectivity index (χ1v) is 9.51. The maximum Gasteiger partial charge on any atom is 0.293 e. The molecule has 130 valence electrons. The Kier molecular flexibility index (Phi) is 3.85. The molecule has 24 heavy (non-hydrogen) atoms. The minimum Gasteiger partial charge on any atom is -0.463 e. The number of ether oxygens (including phenoxy) is 1. The molecule has 0 atom stereocenters. The molecule has 0 saturated heterocycles. The fourth-order valence-electron chi connectivity index (χ4n) is 5.14. The number of carbonyl (C=O) groups is 1. The van der Waals surface area contributed by atoms with Crippen molar-refractivity contribution >= 4 is 6.47 Å². The summed E-state index contributed by atoms with van der Waals surface area (Å²) in [6, 6.07) is 0.639. The van der Waals surface area contributed by atoms with Crippen LogP contribution in [0.4, 0.5) is 0 Å². The molecular formula is C21H29NO2. The van der Waals surface area contributed by atoms with Crippen LogP contribution in [-0.2, 0) is 9.53 Å². The molecule has 0 radical (unpaired) electrons. The summed E-state index contributed by atoms with van der Waals surface area (Å²) in [5.41, 5.74) is 7.41. The Labute approximate surface area is 145 Å². The van der Waals surface area contributed by atoms with E-state index in [0.29, 0.717) is 24.5 Å². The van der Waals surface area contributed by atoms with Crippen LogP contribution < -0.4 is 0 Å². The van der Waals surface area contributed by atoms with Gasteiger partial charge in [0.2, 0.25) is 0 Å². The van der Waals surface area contributed by atoms with Crippen molar-refractivity contribution in [3.05, 3.63) is 34.2 Å². The van der Waals surface area contributed by atoms with Crippen molar-refractivity contribution in [1.29, 1.82) is 0 Å². The molecule has 0 bridgehead atoms. The first-order valence-electron chi connectivity index (χ1n) is 9.51. The van der Waals surface area contributed by atoms with E-state index in [-0.39, 0.29) is 0 Å². The highest BCUT2D eigenvalue weighted by molar-refractivity contribution is 5.53. The molecule has 0 aromatic rings. The molecule has 0 amide bonds. The van der Waals surface area contributed by atoms with Gasteiger partial charge in [-0.2, -0.15) is 0 Å². The summed E-state index contributed by atoms with van der Waals surface area (Å²) in [7, 11) is 0. The van der Waals surface area contributed by atoms with Gasteiger partial charge >= 0.3 is 0 Å². The molecular weight excluding hydrogens is 298 g/mol. The first kappa shape index (κ1) is 16.0. The number of rotatable bonds is 5. The number of allylic oxidation sites excluding steroid dienone is 3. The smallest absolute Gasteiger partial charge is 0.293 e. The van der Waals surface area contributed by atoms with Crippen LogP contribution in [0.25, 0.3) is 0 Å². The van der Waals surface area contributed by atoms with Crippen LogP contribution in [-0.4, -0.2) is 24.0 Å². The maximum absolute atomic E-state index is 10.7. The van der Waals surface area contributed by atoms with E-state index in [9.17, 15) is 4.79 Å². The summed E-state index contributed by atoms with van der Waals surface area (Å²) in [5.74, 6) is 0.976. The molecule has 0 N–H and O–H groups in total. The van der Waals surface area contributed by atoms with E-state index in [1.165, 1.54) is 67.4 Å². The molecule has 1 aliphatic heterocycles. The zero-order valence-corrected chi connectivity index (χ0v) is 15.2. The van der Waals surface area contributed by atoms with Crippen molar-refractivity contribution in [2.75, 3.05) is 6.61 Å². The van der Waals surface area contributed by atoms with Gasteiger partial charge in [-0.15, -0.1) is 0 Å². The Hall–Kier alpha value is -1.51. The highest BCUT2D eigenvalue weighted by atomic mass is 16.5. The molecule has 0 unspecified atom stereocenters. The lowest BCUT2D eigenvalue weighted by molar-refractivity contribution is -0.127. The van der Waals surface area contributed by atoms with E-state index in [4.69, 9.17) is 4.74 Å². The lowest BCUT2D eigenvalue weighted by Crippen LogP contribution is -2.55. The highest BCUT2D eigenvalue weighted by Gasteiger charge is 2.54. The zero-order valence-electron chi connectivity index (χ0n) is 15.2. The van der Waals surface area contributed by atoms with E-state index in [0.717, 1.165) is 5.92 Å². The summed E-state index contributed by atoms with van der Waals surface area (Å²) >= 11 is 0. The van der Waals surface area contributed by atoms with Crippen molar-refractivity contribution < 1.29 is 9.53 Å². The molecule has 1 spiro atoms. The highest BCUT2D eigenvalue weighted by Crippen LogP contribution is 2.61. The zero-order chi connectivity index (χ0) is 16.9. The normalized spacial score (nSPS) is 34.8. The predicted octanol–water partition coefficient (Wildman–Crippen LogP) is 4.71. The minimum atomic E-state index is 0.408. The Bertz CT molecular complexity index is 635. The van der Waals surface area contributed by atoms with Crippen LogP contribution in [0.3, 0.4) is 0 Å². The molecule has 0 aromatic heterocycles. The quantitative estimate of drug-likeness (QED) is 0.685. The SMILES string of the molecule is CCC1CC2(C1)CC(N1C=C(C)C(C)=C(COC=O)C1=C1CC1)C2. The second-order valence-electron chi connectivity index (χ2n) is 8.43. The molecule has 3 heteroatoms. The summed E-state index contributed by atoms with van der Waals surface area (Å²) < 4.78 is 5.16. The van der Waals surface area contributed by atoms with Gasteiger partial charge in [-0.05, 0) is 80.4 Å². The largest absolute Gasteiger partial charge is 0.463 e. The van der Waals surface area contributed by atoms with Crippen LogP contribution in [0.1, 0.15) is 65.7 Å². The summed E-state index contributed by atoms with van der Waals surface area (Å²) in [4.78, 5) is 13.3. The van der Waals surface area contributed by atoms with Crippen molar-refractivity contribution in [2.45, 2.75) is 71.8 Å². The van der Waals surface area contributed by atoms with E-state index < -0.39 is 0 Å². The van der Waals surface area contributed by atoms with Crippen molar-refractivity contribution in [1.82, 2.24) is 4.90 Å². The van der Waals surface area contributed by atoms with E-state index in [1.807, 2.05) is 0 Å². The standard InChI is InChI=1S/C21H29NO2/c1-4-16-7-21(8-16)9-18(10-21)22-11-14(2)15(3)19(12-24-13-23)20(22)17-5-6-17/h11,13,16,18H,4-10,12H2,1-3H3. The second kappa shape index (κ2) is 5.79. The van der Waals surface area contributed by atoms with Gasteiger partial charge in [0.15, 0.2) is 0 Å². The molecule has 3 fully saturated rings. The van der Waals surface area contributed by atoms with Gasteiger partial charge in [-0.25, -0.2) is 0 Å². The molecule has 3 nitrogen and oxygen atoms in total. The van der Waals surface area contributed by atoms with Gasteiger partial charge < -0.3 is 9.64 Å². The van der Waals surface area contributed by atoms with Crippen LogP contribution in [0, 0.1) is 11.3 Å². The van der Waals surface area contributed by atoms with Crippen LogP contribution in [0.15, 0.2) is 34.2 Å². The third-order valence-corrected chi connectivity index (χ3v) is 6.80. The second-order valence-corrected chi connectivity index (χ2v) is 8.43. The van der Waals surface area contributed by atoms with E-state index >= 15 is 0 Å². The molecule has 3 aliphatic carbocycles. The molecule has 3 saturated carbocycles. The Morgan fingerprint density at radius 3 is 2.54 bits per heavy atom. The van der Waals surface area contributed by atoms with Gasteiger partial charge in [0.25, 0.3) is 6.47 Å². The molecule has 1 heterocycles. The number of nitrogens with zero attached hydrogens (tertiary/aromatic N) is 1. The average Bonchev–Trinajstić information content (AvgIpc) is 3.31. The van der Waals surface area contributed by atoms with Gasteiger partial charge in [0, 0.05) is 23.5 Å². The van der Waals surface area contributed by atoms with E-state index in [1.54, 1.807) is 5.57 Å². The number of hydrogen-bond donors (Lipinski definition) is 0. The third-order valence-electron chi connectivity index (χ3n) is 6.80. The van der Waals surface area contributed by atoms with Gasteiger partial charge in [-0.3, -0.25) is 4.79 Å². The van der Waals surface area contributed by atoms with Gasteiger partial charge in [0.05, 0.1) is 0 Å². The average molecular weight is 327 g/mol. The summed E-state index contributed by atoms with van der Waals surface area (Å²) in [6.45, 7) is 7.65. The Balaban J connectivity index is 1.54. The lowest BCUT2D eigenvalue weighted by atomic mass is 9.49. The van der Waals surface area contributed by atoms with Crippen molar-refractivity contribution in [3.63, 3.8) is 0 Å². The van der Waals surface area contributed by atoms with Crippen molar-refractivity contribution in [3.8, 4) is 0 Å². The van der Waals surface area contributed by atoms with Crippen molar-refractivity contribution in [2.24, 2.45) is 11.3 Å². The van der Waals surface area contributed by atoms with Gasteiger partial charge in [-0.1, -0.05) is 13.3 Å². The topological polar surface area (TPSA) is 29.5 Å². The van der Waals surface area contributed by atoms with Crippen LogP contribution >= 0.6 is 0 Å². The minimum absolute atomic E-state index is 0.408. The third kappa shape index (κ3) is 2.53. The summed E-state index contributed by atoms with van der Waals surface area (Å²) in [5, 5.41) is 0. The predicted molar refractivity (Wildman–Crippen MR) is 95.0 cm³/mol. The van der Waals surface area contributed by atoms with Crippen LogP contribution in [0.5, 0.6) is 0 Å². The molecule has 0 aromatic carbocycles. The Morgan fingerprint density at radius 1 is 1.25 bits per heavy atom. The summed E-state index contributed by atoms with van der Waals surface area (Å²) in [6.07, 6.45) is 11.7. The van der Waals surface area contributed by atoms with Gasteiger partial charge in [0.1, 0.15) is 6.61 Å². The van der Waals surface area contributed by atoms with E-state index in [2.05, 4.69) is 31.9 Å². The fraction of sp³-hybridized carbons (Fsp3) is 0.667. The van der Waals surface area contributed by atoms with Crippen LogP contribution in [0.2, 0.25) is 0 Å². The number of hydrogen-bond acceptors (Lipinski definition) is 3. The molecule has 4 aliphatic rings. The monoisotopic (exact) mass is 327 g/mol. The first-order chi connectivity index (χ1) is 11.6. The maximum atomic E-state index is 10.7. The fourth-order valence-corrected chi connectivity index (χ4v) is 5.14. The number of carbonyl (C=O) groups excluding carboxylic acids is 1. The Morgan fingerprint density at radius 2 is 1.96 bits per heavy atom.